The van der Waals surface area contributed by atoms with Gasteiger partial charge in [-0.05, 0) is 51.7 Å². The van der Waals surface area contributed by atoms with Crippen molar-refractivity contribution < 1.29 is 34.5 Å². The number of carbonyl (C=O) groups is 4. The zero-order valence-electron chi connectivity index (χ0n) is 18.7. The fourth-order valence-corrected chi connectivity index (χ4v) is 3.18. The number of amides is 3. The Bertz CT molecular complexity index is 621. The Morgan fingerprint density at radius 3 is 1.81 bits per heavy atom. The standard InChI is InChI=1S/C19H37N5O7S/c1-10(25)14(17(28)22-13(19(30)31)7-9-32-3)24-18(29)15(11(2)26)23-16(27)12(21)6-4-5-8-20/h10-15,25-26H,4-9,20-21H2,1-3H3,(H,22,28)(H,23,27)(H,24,29)(H,30,31). The van der Waals surface area contributed by atoms with E-state index < -0.39 is 60.1 Å². The van der Waals surface area contributed by atoms with Crippen LogP contribution in [0, 0.1) is 0 Å². The Balaban J connectivity index is 5.21. The second kappa shape index (κ2) is 15.8. The normalized spacial score (nSPS) is 16.7. The van der Waals surface area contributed by atoms with Crippen molar-refractivity contribution in [3.8, 4) is 0 Å². The van der Waals surface area contributed by atoms with Crippen molar-refractivity contribution in [2.75, 3.05) is 18.6 Å². The summed E-state index contributed by atoms with van der Waals surface area (Å²) in [6.07, 6.45) is 0.857. The van der Waals surface area contributed by atoms with E-state index in [2.05, 4.69) is 16.0 Å². The van der Waals surface area contributed by atoms with E-state index in [1.165, 1.54) is 25.6 Å². The lowest BCUT2D eigenvalue weighted by Gasteiger charge is -2.27. The number of rotatable bonds is 16. The Kier molecular flexibility index (Phi) is 14.9. The van der Waals surface area contributed by atoms with E-state index in [9.17, 15) is 34.5 Å². The molecule has 0 bridgehead atoms. The quantitative estimate of drug-likeness (QED) is 0.109. The lowest BCUT2D eigenvalue weighted by molar-refractivity contribution is -0.143. The molecule has 0 aromatic rings. The summed E-state index contributed by atoms with van der Waals surface area (Å²) in [6.45, 7) is 2.96. The molecule has 0 aliphatic carbocycles. The number of hydrogen-bond acceptors (Lipinski definition) is 9. The maximum absolute atomic E-state index is 12.7. The lowest BCUT2D eigenvalue weighted by Crippen LogP contribution is -2.61. The number of nitrogens with two attached hydrogens (primary N) is 2. The molecule has 0 radical (unpaired) electrons. The third kappa shape index (κ3) is 11.1. The maximum Gasteiger partial charge on any atom is 0.326 e. The van der Waals surface area contributed by atoms with Gasteiger partial charge in [-0.25, -0.2) is 4.79 Å². The number of aliphatic hydroxyl groups excluding tert-OH is 2. The molecule has 13 heteroatoms. The minimum absolute atomic E-state index is 0.150. The second-order valence-corrected chi connectivity index (χ2v) is 8.51. The number of hydrogen-bond donors (Lipinski definition) is 8. The number of carbonyl (C=O) groups excluding carboxylic acids is 3. The topological polar surface area (TPSA) is 217 Å². The summed E-state index contributed by atoms with van der Waals surface area (Å²) in [5.74, 6) is -3.27. The number of aliphatic hydroxyl groups is 2. The molecule has 10 N–H and O–H groups in total. The average molecular weight is 480 g/mol. The minimum Gasteiger partial charge on any atom is -0.480 e. The largest absolute Gasteiger partial charge is 0.480 e. The number of aliphatic carboxylic acids is 1. The molecule has 32 heavy (non-hydrogen) atoms. The predicted octanol–water partition coefficient (Wildman–Crippen LogP) is -2.50. The summed E-state index contributed by atoms with van der Waals surface area (Å²) in [4.78, 5) is 48.8. The summed E-state index contributed by atoms with van der Waals surface area (Å²) >= 11 is 1.40. The van der Waals surface area contributed by atoms with Gasteiger partial charge < -0.3 is 42.7 Å². The van der Waals surface area contributed by atoms with Crippen LogP contribution in [0.15, 0.2) is 0 Å². The van der Waals surface area contributed by atoms with Gasteiger partial charge in [0.1, 0.15) is 18.1 Å². The number of unbranched alkanes of at least 4 members (excludes halogenated alkanes) is 1. The lowest BCUT2D eigenvalue weighted by atomic mass is 10.1. The van der Waals surface area contributed by atoms with Crippen molar-refractivity contribution in [1.29, 1.82) is 0 Å². The van der Waals surface area contributed by atoms with E-state index in [-0.39, 0.29) is 6.42 Å². The first-order chi connectivity index (χ1) is 15.0. The molecule has 0 aromatic carbocycles. The van der Waals surface area contributed by atoms with Gasteiger partial charge in [-0.1, -0.05) is 6.42 Å². The van der Waals surface area contributed by atoms with Crippen molar-refractivity contribution in [2.24, 2.45) is 11.5 Å². The molecule has 0 saturated heterocycles. The van der Waals surface area contributed by atoms with E-state index in [1.807, 2.05) is 0 Å². The summed E-state index contributed by atoms with van der Waals surface area (Å²) in [7, 11) is 0. The first kappa shape index (κ1) is 30.1. The third-order valence-electron chi connectivity index (χ3n) is 4.66. The van der Waals surface area contributed by atoms with Crippen molar-refractivity contribution in [3.05, 3.63) is 0 Å². The van der Waals surface area contributed by atoms with Crippen molar-refractivity contribution in [2.45, 2.75) is 75.9 Å². The molecule has 0 spiro atoms. The molecule has 3 amide bonds. The molecule has 0 heterocycles. The van der Waals surface area contributed by atoms with Crippen molar-refractivity contribution in [3.63, 3.8) is 0 Å². The summed E-state index contributed by atoms with van der Waals surface area (Å²) in [5.41, 5.74) is 11.2. The van der Waals surface area contributed by atoms with Gasteiger partial charge in [0.15, 0.2) is 0 Å². The monoisotopic (exact) mass is 479 g/mol. The van der Waals surface area contributed by atoms with E-state index in [0.29, 0.717) is 31.6 Å². The van der Waals surface area contributed by atoms with Gasteiger partial charge in [-0.3, -0.25) is 14.4 Å². The van der Waals surface area contributed by atoms with Crippen molar-refractivity contribution >= 4 is 35.5 Å². The van der Waals surface area contributed by atoms with Crippen LogP contribution in [0.1, 0.15) is 39.5 Å². The number of carboxylic acid groups (broad SMARTS) is 1. The Morgan fingerprint density at radius 2 is 1.38 bits per heavy atom. The molecule has 0 rings (SSSR count). The molecule has 0 aromatic heterocycles. The smallest absolute Gasteiger partial charge is 0.326 e. The van der Waals surface area contributed by atoms with Gasteiger partial charge >= 0.3 is 5.97 Å². The highest BCUT2D eigenvalue weighted by Gasteiger charge is 2.34. The Hall–Kier alpha value is -1.93. The third-order valence-corrected chi connectivity index (χ3v) is 5.30. The number of thioether (sulfide) groups is 1. The molecule has 0 fully saturated rings. The van der Waals surface area contributed by atoms with Crippen molar-refractivity contribution in [1.82, 2.24) is 16.0 Å². The van der Waals surface area contributed by atoms with Crippen LogP contribution in [0.4, 0.5) is 0 Å². The molecule has 0 aliphatic rings. The summed E-state index contributed by atoms with van der Waals surface area (Å²) in [5, 5.41) is 36.1. The predicted molar refractivity (Wildman–Crippen MR) is 121 cm³/mol. The van der Waals surface area contributed by atoms with Gasteiger partial charge in [-0.2, -0.15) is 11.8 Å². The van der Waals surface area contributed by atoms with E-state index in [0.717, 1.165) is 0 Å². The first-order valence-corrected chi connectivity index (χ1v) is 11.8. The number of carboxylic acids is 1. The van der Waals surface area contributed by atoms with Crippen LogP contribution in [0.3, 0.4) is 0 Å². The zero-order valence-corrected chi connectivity index (χ0v) is 19.6. The molecular formula is C19H37N5O7S. The van der Waals surface area contributed by atoms with Gasteiger partial charge in [0.05, 0.1) is 18.2 Å². The van der Waals surface area contributed by atoms with E-state index in [4.69, 9.17) is 11.5 Å². The number of nitrogens with one attached hydrogen (secondary N) is 3. The zero-order chi connectivity index (χ0) is 24.8. The highest BCUT2D eigenvalue weighted by molar-refractivity contribution is 7.98. The minimum atomic E-state index is -1.50. The van der Waals surface area contributed by atoms with Gasteiger partial charge in [-0.15, -0.1) is 0 Å². The van der Waals surface area contributed by atoms with E-state index >= 15 is 0 Å². The van der Waals surface area contributed by atoms with Crippen LogP contribution in [0.5, 0.6) is 0 Å². The van der Waals surface area contributed by atoms with E-state index in [1.54, 1.807) is 6.26 Å². The van der Waals surface area contributed by atoms with Gasteiger partial charge in [0.2, 0.25) is 17.7 Å². The van der Waals surface area contributed by atoms with Gasteiger partial charge in [0, 0.05) is 0 Å². The van der Waals surface area contributed by atoms with Crippen LogP contribution in [0.25, 0.3) is 0 Å². The first-order valence-electron chi connectivity index (χ1n) is 10.4. The Labute approximate surface area is 192 Å². The maximum atomic E-state index is 12.7. The molecule has 0 saturated carbocycles. The second-order valence-electron chi connectivity index (χ2n) is 7.53. The summed E-state index contributed by atoms with van der Waals surface area (Å²) < 4.78 is 0. The molecule has 6 unspecified atom stereocenters. The highest BCUT2D eigenvalue weighted by atomic mass is 32.2. The van der Waals surface area contributed by atoms with Crippen LogP contribution < -0.4 is 27.4 Å². The molecule has 186 valence electrons. The Morgan fingerprint density at radius 1 is 0.875 bits per heavy atom. The van der Waals surface area contributed by atoms with Crippen LogP contribution in [0.2, 0.25) is 0 Å². The van der Waals surface area contributed by atoms with Gasteiger partial charge in [0.25, 0.3) is 0 Å². The van der Waals surface area contributed by atoms with Crippen LogP contribution in [-0.2, 0) is 19.2 Å². The fraction of sp³-hybridized carbons (Fsp3) is 0.789. The SMILES string of the molecule is CSCCC(NC(=O)C(NC(=O)C(NC(=O)C(N)CCCCN)C(C)O)C(C)O)C(=O)O. The van der Waals surface area contributed by atoms with Crippen LogP contribution in [-0.4, -0.2) is 93.9 Å². The molecular weight excluding hydrogens is 442 g/mol. The summed E-state index contributed by atoms with van der Waals surface area (Å²) in [6, 6.07) is -5.06. The fourth-order valence-electron chi connectivity index (χ4n) is 2.71. The molecule has 0 aliphatic heterocycles. The highest BCUT2D eigenvalue weighted by Crippen LogP contribution is 2.05. The van der Waals surface area contributed by atoms with Crippen LogP contribution >= 0.6 is 11.8 Å². The average Bonchev–Trinajstić information content (AvgIpc) is 2.71. The molecule has 12 nitrogen and oxygen atoms in total. The molecule has 6 atom stereocenters.